The van der Waals surface area contributed by atoms with E-state index in [1.54, 1.807) is 49.4 Å². The third-order valence-electron chi connectivity index (χ3n) is 4.45. The summed E-state index contributed by atoms with van der Waals surface area (Å²) in [4.78, 5) is 23.6. The number of amides is 1. The van der Waals surface area contributed by atoms with Crippen LogP contribution in [0.1, 0.15) is 18.6 Å². The Morgan fingerprint density at radius 1 is 1.19 bits per heavy atom. The number of aliphatic carboxylic acids is 1. The fourth-order valence-electron chi connectivity index (χ4n) is 3.03. The topological polar surface area (TPSA) is 124 Å². The lowest BCUT2D eigenvalue weighted by Crippen LogP contribution is -2.22. The molecule has 1 amide bonds. The van der Waals surface area contributed by atoms with E-state index in [1.165, 1.54) is 6.08 Å². The zero-order chi connectivity index (χ0) is 22.2. The SMILES string of the molecule is C[C@@H](/C=C/C(=O)O)[C@@H](OC(=O)Nc1ccc2c(c1)OCO2)c1ccccc1OCCO. The zero-order valence-corrected chi connectivity index (χ0v) is 16.8. The van der Waals surface area contributed by atoms with Gasteiger partial charge in [-0.15, -0.1) is 0 Å². The van der Waals surface area contributed by atoms with E-state index in [2.05, 4.69) is 5.32 Å². The molecule has 0 saturated carbocycles. The van der Waals surface area contributed by atoms with E-state index in [0.717, 1.165) is 6.08 Å². The molecule has 2 aromatic rings. The summed E-state index contributed by atoms with van der Waals surface area (Å²) in [7, 11) is 0. The molecule has 1 heterocycles. The molecule has 0 radical (unpaired) electrons. The number of rotatable bonds is 9. The Morgan fingerprint density at radius 3 is 2.74 bits per heavy atom. The minimum Gasteiger partial charge on any atom is -0.491 e. The standard InChI is InChI=1S/C22H23NO8/c1-14(6-9-20(25)26)21(16-4-2-3-5-17(16)28-11-10-24)31-22(27)23-15-7-8-18-19(12-15)30-13-29-18/h2-9,12,14,21,24H,10-11,13H2,1H3,(H,23,27)(H,25,26)/b9-6+/t14-,21+/m0/s1. The molecule has 2 aromatic carbocycles. The largest absolute Gasteiger partial charge is 0.491 e. The number of hydrogen-bond donors (Lipinski definition) is 3. The Balaban J connectivity index is 1.81. The van der Waals surface area contributed by atoms with Crippen LogP contribution >= 0.6 is 0 Å². The molecule has 1 aliphatic heterocycles. The molecule has 9 heteroatoms. The number of ether oxygens (including phenoxy) is 4. The Labute approximate surface area is 178 Å². The van der Waals surface area contributed by atoms with Crippen molar-refractivity contribution in [2.45, 2.75) is 13.0 Å². The van der Waals surface area contributed by atoms with Gasteiger partial charge in [0.25, 0.3) is 0 Å². The molecule has 3 rings (SSSR count). The van der Waals surface area contributed by atoms with E-state index < -0.39 is 24.1 Å². The van der Waals surface area contributed by atoms with Crippen molar-refractivity contribution < 1.29 is 38.7 Å². The number of carbonyl (C=O) groups excluding carboxylic acids is 1. The summed E-state index contributed by atoms with van der Waals surface area (Å²) < 4.78 is 21.8. The highest BCUT2D eigenvalue weighted by atomic mass is 16.7. The van der Waals surface area contributed by atoms with Crippen LogP contribution in [0, 0.1) is 5.92 Å². The first-order valence-electron chi connectivity index (χ1n) is 9.59. The first-order valence-corrected chi connectivity index (χ1v) is 9.59. The van der Waals surface area contributed by atoms with Crippen LogP contribution in [0.5, 0.6) is 17.2 Å². The zero-order valence-electron chi connectivity index (χ0n) is 16.8. The molecule has 0 aliphatic carbocycles. The summed E-state index contributed by atoms with van der Waals surface area (Å²) in [6, 6.07) is 11.8. The Hall–Kier alpha value is -3.72. The van der Waals surface area contributed by atoms with Gasteiger partial charge in [0.15, 0.2) is 11.5 Å². The number of carboxylic acids is 1. The van der Waals surface area contributed by atoms with Crippen LogP contribution in [0.15, 0.2) is 54.6 Å². The second-order valence-electron chi connectivity index (χ2n) is 6.69. The van der Waals surface area contributed by atoms with Crippen LogP contribution in [0.2, 0.25) is 0 Å². The molecule has 1 aliphatic rings. The van der Waals surface area contributed by atoms with Crippen molar-refractivity contribution in [2.75, 3.05) is 25.3 Å². The van der Waals surface area contributed by atoms with Gasteiger partial charge in [0.1, 0.15) is 18.5 Å². The minimum atomic E-state index is -1.11. The molecule has 3 N–H and O–H groups in total. The molecule has 164 valence electrons. The number of carbonyl (C=O) groups is 2. The first-order chi connectivity index (χ1) is 15.0. The van der Waals surface area contributed by atoms with E-state index in [0.29, 0.717) is 28.5 Å². The number of fused-ring (bicyclic) bond motifs is 1. The van der Waals surface area contributed by atoms with Crippen LogP contribution in [-0.2, 0) is 9.53 Å². The van der Waals surface area contributed by atoms with Crippen molar-refractivity contribution in [3.05, 3.63) is 60.2 Å². The normalized spacial score (nSPS) is 14.1. The fraction of sp³-hybridized carbons (Fsp3) is 0.273. The number of carboxylic acid groups (broad SMARTS) is 1. The lowest BCUT2D eigenvalue weighted by atomic mass is 9.96. The summed E-state index contributed by atoms with van der Waals surface area (Å²) in [5, 5.41) is 20.7. The average Bonchev–Trinajstić information content (AvgIpc) is 3.22. The Morgan fingerprint density at radius 2 is 1.97 bits per heavy atom. The molecule has 9 nitrogen and oxygen atoms in total. The van der Waals surface area contributed by atoms with Crippen molar-refractivity contribution in [1.82, 2.24) is 0 Å². The van der Waals surface area contributed by atoms with Crippen molar-refractivity contribution in [1.29, 1.82) is 0 Å². The molecule has 0 spiro atoms. The van der Waals surface area contributed by atoms with Gasteiger partial charge >= 0.3 is 12.1 Å². The van der Waals surface area contributed by atoms with Gasteiger partial charge in [0.2, 0.25) is 6.79 Å². The molecule has 0 unspecified atom stereocenters. The molecule has 0 fully saturated rings. The van der Waals surface area contributed by atoms with Crippen molar-refractivity contribution >= 4 is 17.7 Å². The monoisotopic (exact) mass is 429 g/mol. The van der Waals surface area contributed by atoms with Gasteiger partial charge in [-0.05, 0) is 18.2 Å². The van der Waals surface area contributed by atoms with E-state index in [-0.39, 0.29) is 20.0 Å². The summed E-state index contributed by atoms with van der Waals surface area (Å²) >= 11 is 0. The van der Waals surface area contributed by atoms with E-state index in [4.69, 9.17) is 29.2 Å². The quantitative estimate of drug-likeness (QED) is 0.519. The second kappa shape index (κ2) is 10.4. The third-order valence-corrected chi connectivity index (χ3v) is 4.45. The van der Waals surface area contributed by atoms with Crippen LogP contribution in [0.25, 0.3) is 0 Å². The fourth-order valence-corrected chi connectivity index (χ4v) is 3.03. The van der Waals surface area contributed by atoms with E-state index >= 15 is 0 Å². The highest BCUT2D eigenvalue weighted by Crippen LogP contribution is 2.36. The molecule has 2 atom stereocenters. The Bertz CT molecular complexity index is 958. The highest BCUT2D eigenvalue weighted by molar-refractivity contribution is 5.85. The highest BCUT2D eigenvalue weighted by Gasteiger charge is 2.26. The first kappa shape index (κ1) is 22.0. The van der Waals surface area contributed by atoms with Gasteiger partial charge in [-0.25, -0.2) is 9.59 Å². The van der Waals surface area contributed by atoms with Gasteiger partial charge in [-0.2, -0.15) is 0 Å². The maximum absolute atomic E-state index is 12.6. The smallest absolute Gasteiger partial charge is 0.412 e. The van der Waals surface area contributed by atoms with Gasteiger partial charge in [-0.1, -0.05) is 31.2 Å². The molecular formula is C22H23NO8. The molecular weight excluding hydrogens is 406 g/mol. The molecule has 31 heavy (non-hydrogen) atoms. The lowest BCUT2D eigenvalue weighted by molar-refractivity contribution is -0.131. The third kappa shape index (κ3) is 5.89. The number of anilines is 1. The van der Waals surface area contributed by atoms with Crippen molar-refractivity contribution in [3.8, 4) is 17.2 Å². The predicted molar refractivity (Wildman–Crippen MR) is 110 cm³/mol. The summed E-state index contributed by atoms with van der Waals surface area (Å²) in [6.07, 6.45) is 0.841. The predicted octanol–water partition coefficient (Wildman–Crippen LogP) is 3.35. The van der Waals surface area contributed by atoms with E-state index in [1.807, 2.05) is 0 Å². The van der Waals surface area contributed by atoms with Crippen molar-refractivity contribution in [2.24, 2.45) is 5.92 Å². The molecule has 0 saturated heterocycles. The maximum atomic E-state index is 12.6. The van der Waals surface area contributed by atoms with Gasteiger partial charge in [-0.3, -0.25) is 5.32 Å². The van der Waals surface area contributed by atoms with Gasteiger partial charge in [0, 0.05) is 29.3 Å². The van der Waals surface area contributed by atoms with Gasteiger partial charge < -0.3 is 29.2 Å². The number of benzene rings is 2. The lowest BCUT2D eigenvalue weighted by Gasteiger charge is -2.24. The number of hydrogen-bond acceptors (Lipinski definition) is 7. The van der Waals surface area contributed by atoms with Crippen LogP contribution < -0.4 is 19.5 Å². The number of nitrogens with one attached hydrogen (secondary N) is 1. The summed E-state index contributed by atoms with van der Waals surface area (Å²) in [5.41, 5.74) is 0.992. The average molecular weight is 429 g/mol. The van der Waals surface area contributed by atoms with Crippen LogP contribution in [-0.4, -0.2) is 42.3 Å². The second-order valence-corrected chi connectivity index (χ2v) is 6.69. The van der Waals surface area contributed by atoms with Crippen LogP contribution in [0.3, 0.4) is 0 Å². The van der Waals surface area contributed by atoms with Gasteiger partial charge in [0.05, 0.1) is 6.61 Å². The number of aliphatic hydroxyl groups is 1. The Kier molecular flexibility index (Phi) is 7.34. The summed E-state index contributed by atoms with van der Waals surface area (Å²) in [5.74, 6) is -0.0836. The number of aliphatic hydroxyl groups excluding tert-OH is 1. The number of para-hydroxylation sites is 1. The van der Waals surface area contributed by atoms with Crippen LogP contribution in [0.4, 0.5) is 10.5 Å². The molecule has 0 aromatic heterocycles. The summed E-state index contributed by atoms with van der Waals surface area (Å²) in [6.45, 7) is 1.72. The maximum Gasteiger partial charge on any atom is 0.412 e. The van der Waals surface area contributed by atoms with Crippen molar-refractivity contribution in [3.63, 3.8) is 0 Å². The minimum absolute atomic E-state index is 0.0620. The molecule has 0 bridgehead atoms. The van der Waals surface area contributed by atoms with E-state index in [9.17, 15) is 9.59 Å².